The molecule has 2 rings (SSSR count). The maximum absolute atomic E-state index is 3.87. The fraction of sp³-hybridized carbons (Fsp3) is 0.250. The van der Waals surface area contributed by atoms with E-state index in [1.807, 2.05) is 30.3 Å². The van der Waals surface area contributed by atoms with Crippen molar-refractivity contribution in [2.75, 3.05) is 0 Å². The molecule has 0 saturated heterocycles. The molecule has 1 aromatic carbocycles. The summed E-state index contributed by atoms with van der Waals surface area (Å²) >= 11 is 3.36. The molecule has 0 bridgehead atoms. The second kappa shape index (κ2) is 3.33. The number of halogens is 1. The van der Waals surface area contributed by atoms with E-state index < -0.39 is 4.57 Å². The average Bonchev–Trinajstić information content (AvgIpc) is 2.54. The van der Waals surface area contributed by atoms with E-state index in [0.717, 1.165) is 5.56 Å². The Hall–Kier alpha value is -1.10. The van der Waals surface area contributed by atoms with Crippen LogP contribution in [0.2, 0.25) is 0 Å². The van der Waals surface area contributed by atoms with Gasteiger partial charge in [0.15, 0.2) is 0 Å². The monoisotopic (exact) mass is 238 g/mol. The van der Waals surface area contributed by atoms with Gasteiger partial charge in [-0.1, -0.05) is 30.3 Å². The van der Waals surface area contributed by atoms with Crippen LogP contribution in [0.15, 0.2) is 51.0 Å². The summed E-state index contributed by atoms with van der Waals surface area (Å²) in [5.74, 6) is 0. The first kappa shape index (κ1) is 8.50. The minimum absolute atomic E-state index is 0.668. The molecule has 0 spiro atoms. The van der Waals surface area contributed by atoms with Crippen LogP contribution in [0.5, 0.6) is 0 Å². The Balaban J connectivity index is 2.15. The third-order valence-electron chi connectivity index (χ3n) is 1.71. The van der Waals surface area contributed by atoms with Crippen molar-refractivity contribution in [3.63, 3.8) is 0 Å². The van der Waals surface area contributed by atoms with Crippen molar-refractivity contribution >= 4 is 15.9 Å². The van der Waals surface area contributed by atoms with Gasteiger partial charge in [-0.3, -0.25) is 0 Å². The molecule has 5 heteroatoms. The molecule has 0 fully saturated rings. The lowest BCUT2D eigenvalue weighted by Gasteiger charge is -2.10. The highest BCUT2D eigenvalue weighted by molar-refractivity contribution is 9.10. The first-order valence-electron chi connectivity index (χ1n) is 3.85. The van der Waals surface area contributed by atoms with Gasteiger partial charge in [-0.05, 0) is 31.9 Å². The van der Waals surface area contributed by atoms with E-state index in [1.54, 1.807) is 0 Å². The van der Waals surface area contributed by atoms with Gasteiger partial charge >= 0.3 is 0 Å². The predicted molar refractivity (Wildman–Crippen MR) is 51.5 cm³/mol. The van der Waals surface area contributed by atoms with Crippen molar-refractivity contribution in [2.24, 2.45) is 20.7 Å². The van der Waals surface area contributed by atoms with Crippen LogP contribution in [0.3, 0.4) is 0 Å². The van der Waals surface area contributed by atoms with Crippen LogP contribution in [0.25, 0.3) is 0 Å². The number of nitrogens with zero attached hydrogens (tertiary/aromatic N) is 4. The second-order valence-corrected chi connectivity index (χ2v) is 4.03. The Bertz CT molecular complexity index is 334. The highest BCUT2D eigenvalue weighted by atomic mass is 79.9. The van der Waals surface area contributed by atoms with Crippen LogP contribution in [-0.4, -0.2) is 4.57 Å². The van der Waals surface area contributed by atoms with Crippen molar-refractivity contribution < 1.29 is 0 Å². The molecule has 4 nitrogen and oxygen atoms in total. The second-order valence-electron chi connectivity index (χ2n) is 2.76. The van der Waals surface area contributed by atoms with E-state index in [-0.39, 0.29) is 0 Å². The first-order valence-corrected chi connectivity index (χ1v) is 4.65. The van der Waals surface area contributed by atoms with Crippen molar-refractivity contribution in [3.05, 3.63) is 35.9 Å². The third kappa shape index (κ3) is 1.98. The molecule has 13 heavy (non-hydrogen) atoms. The Labute approximate surface area is 83.9 Å². The summed E-state index contributed by atoms with van der Waals surface area (Å²) in [6.45, 7) is 0. The normalized spacial score (nSPS) is 17.9. The van der Waals surface area contributed by atoms with Crippen molar-refractivity contribution in [3.8, 4) is 0 Å². The zero-order valence-corrected chi connectivity index (χ0v) is 8.35. The minimum Gasteiger partial charge on any atom is -0.122 e. The maximum Gasteiger partial charge on any atom is 0.252 e. The van der Waals surface area contributed by atoms with Gasteiger partial charge in [-0.15, -0.1) is 10.2 Å². The van der Waals surface area contributed by atoms with Gasteiger partial charge < -0.3 is 0 Å². The largest absolute Gasteiger partial charge is 0.252 e. The lowest BCUT2D eigenvalue weighted by atomic mass is 10.1. The van der Waals surface area contributed by atoms with Gasteiger partial charge in [0.25, 0.3) is 4.57 Å². The van der Waals surface area contributed by atoms with E-state index in [2.05, 4.69) is 36.6 Å². The summed E-state index contributed by atoms with van der Waals surface area (Å²) in [5, 5.41) is 14.7. The lowest BCUT2D eigenvalue weighted by molar-refractivity contribution is 0.650. The highest BCUT2D eigenvalue weighted by Gasteiger charge is 2.29. The summed E-state index contributed by atoms with van der Waals surface area (Å²) in [4.78, 5) is 0. The number of rotatable bonds is 2. The molecular weight excluding hydrogens is 232 g/mol. The molecule has 0 N–H and O–H groups in total. The van der Waals surface area contributed by atoms with Crippen LogP contribution in [-0.2, 0) is 6.42 Å². The number of alkyl halides is 1. The fourth-order valence-electron chi connectivity index (χ4n) is 1.12. The minimum atomic E-state index is -0.672. The summed E-state index contributed by atoms with van der Waals surface area (Å²) < 4.78 is -0.672. The first-order chi connectivity index (χ1) is 6.29. The molecule has 1 aromatic rings. The highest BCUT2D eigenvalue weighted by Crippen LogP contribution is 2.30. The molecule has 1 aliphatic heterocycles. The SMILES string of the molecule is BrC1(Cc2ccccc2)N=NN=N1. The molecular formula is C8H7BrN4. The van der Waals surface area contributed by atoms with E-state index >= 15 is 0 Å². The van der Waals surface area contributed by atoms with E-state index in [0.29, 0.717) is 6.42 Å². The van der Waals surface area contributed by atoms with Crippen molar-refractivity contribution in [1.29, 1.82) is 0 Å². The molecule has 1 heterocycles. The Morgan fingerprint density at radius 2 is 1.69 bits per heavy atom. The van der Waals surface area contributed by atoms with Crippen LogP contribution in [0.1, 0.15) is 5.56 Å². The Morgan fingerprint density at radius 1 is 1.08 bits per heavy atom. The zero-order valence-electron chi connectivity index (χ0n) is 6.76. The molecule has 0 unspecified atom stereocenters. The van der Waals surface area contributed by atoms with Crippen LogP contribution in [0.4, 0.5) is 0 Å². The standard InChI is InChI=1S/C8H7BrN4/c9-8(10-12-13-11-8)6-7-4-2-1-3-5-7/h1-5H,6H2. The molecule has 0 saturated carbocycles. The van der Waals surface area contributed by atoms with Gasteiger partial charge in [0.05, 0.1) is 0 Å². The van der Waals surface area contributed by atoms with Gasteiger partial charge in [-0.2, -0.15) is 0 Å². The van der Waals surface area contributed by atoms with E-state index in [9.17, 15) is 0 Å². The number of hydrogen-bond acceptors (Lipinski definition) is 4. The maximum atomic E-state index is 3.87. The van der Waals surface area contributed by atoms with Crippen LogP contribution in [0, 0.1) is 0 Å². The smallest absolute Gasteiger partial charge is 0.122 e. The van der Waals surface area contributed by atoms with E-state index in [1.165, 1.54) is 0 Å². The molecule has 0 aliphatic carbocycles. The number of hydrogen-bond donors (Lipinski definition) is 0. The molecule has 0 radical (unpaired) electrons. The summed E-state index contributed by atoms with van der Waals surface area (Å²) in [6.07, 6.45) is 0.668. The predicted octanol–water partition coefficient (Wildman–Crippen LogP) is 3.11. The lowest BCUT2D eigenvalue weighted by Crippen LogP contribution is -2.14. The van der Waals surface area contributed by atoms with Gasteiger partial charge in [0, 0.05) is 6.42 Å². The topological polar surface area (TPSA) is 49.4 Å². The third-order valence-corrected chi connectivity index (χ3v) is 2.31. The Kier molecular flexibility index (Phi) is 2.18. The zero-order chi connectivity index (χ0) is 9.15. The molecule has 0 amide bonds. The van der Waals surface area contributed by atoms with Gasteiger partial charge in [0.2, 0.25) is 0 Å². The molecule has 1 aliphatic rings. The summed E-state index contributed by atoms with van der Waals surface area (Å²) in [6, 6.07) is 9.98. The van der Waals surface area contributed by atoms with Crippen molar-refractivity contribution in [2.45, 2.75) is 11.0 Å². The fourth-order valence-corrected chi connectivity index (χ4v) is 1.59. The molecule has 66 valence electrons. The van der Waals surface area contributed by atoms with E-state index in [4.69, 9.17) is 0 Å². The molecule has 0 aromatic heterocycles. The van der Waals surface area contributed by atoms with Gasteiger partial charge in [-0.25, -0.2) is 0 Å². The van der Waals surface area contributed by atoms with Crippen LogP contribution >= 0.6 is 15.9 Å². The van der Waals surface area contributed by atoms with Gasteiger partial charge in [0.1, 0.15) is 0 Å². The number of benzene rings is 1. The quantitative estimate of drug-likeness (QED) is 0.562. The molecule has 0 atom stereocenters. The van der Waals surface area contributed by atoms with Crippen LogP contribution < -0.4 is 0 Å². The van der Waals surface area contributed by atoms with Crippen molar-refractivity contribution in [1.82, 2.24) is 0 Å². The Morgan fingerprint density at radius 3 is 2.31 bits per heavy atom. The summed E-state index contributed by atoms with van der Waals surface area (Å²) in [5.41, 5.74) is 1.15. The summed E-state index contributed by atoms with van der Waals surface area (Å²) in [7, 11) is 0. The average molecular weight is 239 g/mol.